The first-order valence-electron chi connectivity index (χ1n) is 14.2. The van der Waals surface area contributed by atoms with Gasteiger partial charge in [0.2, 0.25) is 0 Å². The van der Waals surface area contributed by atoms with Gasteiger partial charge in [-0.2, -0.15) is 0 Å². The highest BCUT2D eigenvalue weighted by Gasteiger charge is 2.70. The van der Waals surface area contributed by atoms with Crippen molar-refractivity contribution in [3.8, 4) is 0 Å². The van der Waals surface area contributed by atoms with Gasteiger partial charge in [0.25, 0.3) is 0 Å². The lowest BCUT2D eigenvalue weighted by molar-refractivity contribution is -0.163. The van der Waals surface area contributed by atoms with Crippen molar-refractivity contribution >= 4 is 27.7 Å². The molecule has 0 aliphatic heterocycles. The fraction of sp³-hybridized carbons (Fsp3) is 0.933. The van der Waals surface area contributed by atoms with Crippen LogP contribution in [0.5, 0.6) is 0 Å². The van der Waals surface area contributed by atoms with Gasteiger partial charge in [-0.1, -0.05) is 70.3 Å². The first kappa shape index (κ1) is 26.7. The molecule has 0 saturated heterocycles. The van der Waals surface area contributed by atoms with Crippen LogP contribution in [0.2, 0.25) is 0 Å². The molecule has 6 unspecified atom stereocenters. The maximum atomic E-state index is 14.2. The number of fused-ring (bicyclic) bond motifs is 5. The largest absolute Gasteiger partial charge is 0.463 e. The standard InChI is InChI=1S/C30H49BrO3/c1-18(2)19(3)8-9-20(4)24-12-13-25-26-11-10-22-16-23(34-21(5)32)14-15-29(22,7)30(26,31)27(33)17-28(24,25)6/h18-20,22-26H,8-17H2,1-7H3/t19-,20+,22-,23?,24?,25?,26?,28?,29?,30-/m0/s1. The molecule has 0 radical (unpaired) electrons. The van der Waals surface area contributed by atoms with Crippen molar-refractivity contribution in [2.75, 3.05) is 0 Å². The lowest BCUT2D eigenvalue weighted by atomic mass is 9.44. The van der Waals surface area contributed by atoms with E-state index in [0.717, 1.165) is 50.4 Å². The van der Waals surface area contributed by atoms with E-state index >= 15 is 0 Å². The number of ketones is 1. The number of Topliss-reactive ketones (excluding diaryl/α,β-unsaturated/α-hetero) is 1. The first-order chi connectivity index (χ1) is 15.8. The number of hydrogen-bond donors (Lipinski definition) is 0. The van der Waals surface area contributed by atoms with Gasteiger partial charge in [0.15, 0.2) is 5.78 Å². The average molecular weight is 538 g/mol. The van der Waals surface area contributed by atoms with E-state index in [9.17, 15) is 9.59 Å². The zero-order chi connectivity index (χ0) is 25.1. The van der Waals surface area contributed by atoms with Crippen LogP contribution in [0.1, 0.15) is 113 Å². The molecule has 4 aliphatic carbocycles. The number of rotatable bonds is 6. The fourth-order valence-electron chi connectivity index (χ4n) is 9.31. The summed E-state index contributed by atoms with van der Waals surface area (Å²) in [5.74, 6) is 4.72. The van der Waals surface area contributed by atoms with E-state index in [1.54, 1.807) is 0 Å². The van der Waals surface area contributed by atoms with E-state index in [-0.39, 0.29) is 22.9 Å². The molecule has 10 atom stereocenters. The normalized spacial score (nSPS) is 45.8. The molecule has 0 aromatic carbocycles. The molecule has 0 aromatic heterocycles. The second-order valence-corrected chi connectivity index (χ2v) is 14.9. The van der Waals surface area contributed by atoms with Gasteiger partial charge in [-0.3, -0.25) is 9.59 Å². The molecule has 0 amide bonds. The Morgan fingerprint density at radius 1 is 1.03 bits per heavy atom. The molecular weight excluding hydrogens is 488 g/mol. The summed E-state index contributed by atoms with van der Waals surface area (Å²) in [6, 6.07) is 0. The predicted octanol–water partition coefficient (Wildman–Crippen LogP) is 7.98. The molecule has 0 N–H and O–H groups in total. The smallest absolute Gasteiger partial charge is 0.302 e. The summed E-state index contributed by atoms with van der Waals surface area (Å²) in [6.07, 6.45) is 11.0. The number of esters is 1. The van der Waals surface area contributed by atoms with E-state index in [2.05, 4.69) is 57.5 Å². The van der Waals surface area contributed by atoms with Crippen LogP contribution in [0.3, 0.4) is 0 Å². The van der Waals surface area contributed by atoms with Gasteiger partial charge in [-0.15, -0.1) is 0 Å². The molecule has 4 aliphatic rings. The number of carbonyl (C=O) groups excluding carboxylic acids is 2. The summed E-state index contributed by atoms with van der Waals surface area (Å²) < 4.78 is 5.22. The predicted molar refractivity (Wildman–Crippen MR) is 142 cm³/mol. The molecule has 4 fully saturated rings. The van der Waals surface area contributed by atoms with Gasteiger partial charge < -0.3 is 4.74 Å². The molecule has 0 aromatic rings. The van der Waals surface area contributed by atoms with E-state index in [4.69, 9.17) is 4.74 Å². The van der Waals surface area contributed by atoms with Gasteiger partial charge >= 0.3 is 5.97 Å². The summed E-state index contributed by atoms with van der Waals surface area (Å²) in [7, 11) is 0. The van der Waals surface area contributed by atoms with Crippen LogP contribution >= 0.6 is 15.9 Å². The van der Waals surface area contributed by atoms with Gasteiger partial charge in [0.05, 0.1) is 4.32 Å². The van der Waals surface area contributed by atoms with E-state index < -0.39 is 4.32 Å². The Hall–Kier alpha value is -0.380. The molecule has 194 valence electrons. The second kappa shape index (κ2) is 9.49. The highest BCUT2D eigenvalue weighted by Crippen LogP contribution is 2.71. The van der Waals surface area contributed by atoms with Crippen molar-refractivity contribution in [3.05, 3.63) is 0 Å². The van der Waals surface area contributed by atoms with Crippen LogP contribution in [0, 0.1) is 52.3 Å². The summed E-state index contributed by atoms with van der Waals surface area (Å²) in [4.78, 5) is 25.8. The quantitative estimate of drug-likeness (QED) is 0.255. The van der Waals surface area contributed by atoms with E-state index in [1.807, 2.05) is 0 Å². The molecule has 34 heavy (non-hydrogen) atoms. The number of halogens is 1. The Morgan fingerprint density at radius 3 is 2.35 bits per heavy atom. The molecule has 3 nitrogen and oxygen atoms in total. The lowest BCUT2D eigenvalue weighted by Gasteiger charge is -2.64. The van der Waals surface area contributed by atoms with Crippen molar-refractivity contribution in [2.45, 2.75) is 123 Å². The average Bonchev–Trinajstić information content (AvgIpc) is 3.09. The maximum absolute atomic E-state index is 14.2. The zero-order valence-electron chi connectivity index (χ0n) is 22.8. The number of ether oxygens (including phenoxy) is 1. The molecule has 0 heterocycles. The van der Waals surface area contributed by atoms with Crippen molar-refractivity contribution in [3.63, 3.8) is 0 Å². The van der Waals surface area contributed by atoms with Crippen molar-refractivity contribution in [1.82, 2.24) is 0 Å². The van der Waals surface area contributed by atoms with Crippen LogP contribution in [0.15, 0.2) is 0 Å². The van der Waals surface area contributed by atoms with E-state index in [0.29, 0.717) is 35.4 Å². The second-order valence-electron chi connectivity index (χ2n) is 13.7. The minimum atomic E-state index is -0.404. The third-order valence-electron chi connectivity index (χ3n) is 11.8. The van der Waals surface area contributed by atoms with E-state index in [1.165, 1.54) is 32.6 Å². The van der Waals surface area contributed by atoms with Crippen LogP contribution in [0.25, 0.3) is 0 Å². The topological polar surface area (TPSA) is 43.4 Å². The number of hydrogen-bond acceptors (Lipinski definition) is 3. The molecule has 4 heteroatoms. The first-order valence-corrected chi connectivity index (χ1v) is 15.0. The van der Waals surface area contributed by atoms with Gasteiger partial charge in [-0.25, -0.2) is 0 Å². The summed E-state index contributed by atoms with van der Waals surface area (Å²) in [5, 5.41) is 0. The zero-order valence-corrected chi connectivity index (χ0v) is 24.4. The Labute approximate surface area is 217 Å². The number of alkyl halides is 1. The summed E-state index contributed by atoms with van der Waals surface area (Å²) in [5.41, 5.74) is 0.110. The molecule has 0 bridgehead atoms. The highest BCUT2D eigenvalue weighted by molar-refractivity contribution is 9.10. The van der Waals surface area contributed by atoms with Crippen LogP contribution in [-0.4, -0.2) is 22.2 Å². The third-order valence-corrected chi connectivity index (χ3v) is 13.7. The van der Waals surface area contributed by atoms with Crippen LogP contribution in [-0.2, 0) is 14.3 Å². The van der Waals surface area contributed by atoms with Gasteiger partial charge in [-0.05, 0) is 97.2 Å². The monoisotopic (exact) mass is 536 g/mol. The van der Waals surface area contributed by atoms with Crippen LogP contribution < -0.4 is 0 Å². The van der Waals surface area contributed by atoms with Crippen molar-refractivity contribution in [1.29, 1.82) is 0 Å². The van der Waals surface area contributed by atoms with Crippen molar-refractivity contribution in [2.24, 2.45) is 52.3 Å². The third kappa shape index (κ3) is 4.14. The molecule has 0 spiro atoms. The Bertz CT molecular complexity index is 794. The minimum absolute atomic E-state index is 0.0251. The Kier molecular flexibility index (Phi) is 7.45. The number of carbonyl (C=O) groups is 2. The van der Waals surface area contributed by atoms with Gasteiger partial charge in [0.1, 0.15) is 6.10 Å². The van der Waals surface area contributed by atoms with Crippen LogP contribution in [0.4, 0.5) is 0 Å². The minimum Gasteiger partial charge on any atom is -0.463 e. The molecule has 4 saturated carbocycles. The Balaban J connectivity index is 1.54. The summed E-state index contributed by atoms with van der Waals surface area (Å²) >= 11 is 4.23. The molecule has 4 rings (SSSR count). The lowest BCUT2D eigenvalue weighted by Crippen LogP contribution is -2.67. The summed E-state index contributed by atoms with van der Waals surface area (Å²) in [6.45, 7) is 15.9. The molecular formula is C30H49BrO3. The fourth-order valence-corrected chi connectivity index (χ4v) is 10.5. The Morgan fingerprint density at radius 2 is 1.71 bits per heavy atom. The van der Waals surface area contributed by atoms with Crippen molar-refractivity contribution < 1.29 is 14.3 Å². The maximum Gasteiger partial charge on any atom is 0.302 e. The van der Waals surface area contributed by atoms with Gasteiger partial charge in [0, 0.05) is 13.3 Å². The highest BCUT2D eigenvalue weighted by atomic mass is 79.9. The SMILES string of the molecule is CC(=O)OC1CCC2(C)[C@@H](CCC3C4CCC([C@H](C)CC[C@H](C)C(C)C)C4(C)CC(=O)[C@@]32Br)C1.